The maximum atomic E-state index is 12.7. The monoisotopic (exact) mass is 421 g/mol. The molecule has 4 atom stereocenters. The Balaban J connectivity index is 1.91. The predicted octanol–water partition coefficient (Wildman–Crippen LogP) is 2.28. The third kappa shape index (κ3) is 6.62. The number of hydrogen-bond acceptors (Lipinski definition) is 5. The zero-order valence-corrected chi connectivity index (χ0v) is 19.0. The molecule has 2 rings (SSSR count). The maximum absolute atomic E-state index is 12.7. The molecule has 2 aliphatic rings. The molecule has 3 unspecified atom stereocenters. The molecule has 2 radical (unpaired) electrons. The minimum absolute atomic E-state index is 0.106. The molecule has 0 spiro atoms. The molecule has 9 heteroatoms. The van der Waals surface area contributed by atoms with Crippen LogP contribution in [-0.4, -0.2) is 72.9 Å². The Morgan fingerprint density at radius 3 is 2.33 bits per heavy atom. The second kappa shape index (κ2) is 10.5. The number of rotatable bonds is 6. The minimum Gasteiger partial charge on any atom is -0.444 e. The van der Waals surface area contributed by atoms with E-state index in [1.807, 2.05) is 20.8 Å². The molecule has 3 amide bonds. The van der Waals surface area contributed by atoms with Gasteiger partial charge in [0, 0.05) is 20.0 Å². The van der Waals surface area contributed by atoms with Crippen molar-refractivity contribution in [1.29, 1.82) is 0 Å². The maximum Gasteiger partial charge on any atom is 0.410 e. The van der Waals surface area contributed by atoms with E-state index in [4.69, 9.17) is 17.4 Å². The van der Waals surface area contributed by atoms with Crippen LogP contribution in [0.4, 0.5) is 4.79 Å². The normalized spacial score (nSPS) is 27.1. The molecule has 0 aromatic carbocycles. The van der Waals surface area contributed by atoms with Crippen molar-refractivity contribution < 1.29 is 24.0 Å². The molecule has 8 nitrogen and oxygen atoms in total. The number of carbonyl (C=O) groups excluding carboxylic acids is 3. The van der Waals surface area contributed by atoms with Crippen molar-refractivity contribution in [3.05, 3.63) is 0 Å². The summed E-state index contributed by atoms with van der Waals surface area (Å²) in [5.41, 5.74) is 1.90. The first-order valence-corrected chi connectivity index (χ1v) is 10.9. The molecule has 2 aliphatic heterocycles. The van der Waals surface area contributed by atoms with Crippen molar-refractivity contribution in [1.82, 2.24) is 15.3 Å². The number of amides is 3. The Morgan fingerprint density at radius 1 is 1.10 bits per heavy atom. The summed E-state index contributed by atoms with van der Waals surface area (Å²) in [4.78, 5) is 45.9. The van der Waals surface area contributed by atoms with Crippen LogP contribution in [0.15, 0.2) is 0 Å². The van der Waals surface area contributed by atoms with Crippen molar-refractivity contribution in [2.75, 3.05) is 19.7 Å². The summed E-state index contributed by atoms with van der Waals surface area (Å²) in [6.07, 6.45) is 3.27. The Kier molecular flexibility index (Phi) is 8.58. The third-order valence-electron chi connectivity index (χ3n) is 5.87. The molecule has 2 fully saturated rings. The number of hydrogen-bond donors (Lipinski definition) is 1. The highest BCUT2D eigenvalue weighted by Gasteiger charge is 2.38. The van der Waals surface area contributed by atoms with E-state index in [9.17, 15) is 14.4 Å². The van der Waals surface area contributed by atoms with Gasteiger partial charge in [0.05, 0.1) is 20.5 Å². The number of hydroxylamine groups is 1. The number of likely N-dealkylation sites (tertiary alicyclic amines) is 2. The van der Waals surface area contributed by atoms with Crippen molar-refractivity contribution in [3.8, 4) is 0 Å². The third-order valence-corrected chi connectivity index (χ3v) is 5.87. The molecule has 1 N–H and O–H groups in total. The smallest absolute Gasteiger partial charge is 0.410 e. The van der Waals surface area contributed by atoms with Gasteiger partial charge in [-0.15, -0.1) is 0 Å². The fourth-order valence-corrected chi connectivity index (χ4v) is 4.16. The van der Waals surface area contributed by atoms with Gasteiger partial charge in [0.25, 0.3) is 5.91 Å². The molecule has 0 aliphatic carbocycles. The van der Waals surface area contributed by atoms with Crippen molar-refractivity contribution >= 4 is 25.8 Å². The molecule has 0 saturated carbocycles. The summed E-state index contributed by atoms with van der Waals surface area (Å²) in [7, 11) is 5.80. The summed E-state index contributed by atoms with van der Waals surface area (Å²) >= 11 is 0. The lowest BCUT2D eigenvalue weighted by Crippen LogP contribution is -2.53. The van der Waals surface area contributed by atoms with Gasteiger partial charge in [0.15, 0.2) is 0 Å². The Morgan fingerprint density at radius 2 is 1.77 bits per heavy atom. The highest BCUT2D eigenvalue weighted by atomic mass is 16.7. The van der Waals surface area contributed by atoms with Crippen LogP contribution in [0, 0.1) is 11.8 Å². The lowest BCUT2D eigenvalue weighted by atomic mass is 9.89. The summed E-state index contributed by atoms with van der Waals surface area (Å²) < 4.78 is 5.49. The minimum atomic E-state index is -0.592. The summed E-state index contributed by atoms with van der Waals surface area (Å²) in [5.74, 6) is 0.162. The van der Waals surface area contributed by atoms with E-state index >= 15 is 0 Å². The van der Waals surface area contributed by atoms with E-state index in [0.717, 1.165) is 12.8 Å². The van der Waals surface area contributed by atoms with Crippen LogP contribution in [0.3, 0.4) is 0 Å². The van der Waals surface area contributed by atoms with Gasteiger partial charge in [0.1, 0.15) is 11.6 Å². The first-order valence-electron chi connectivity index (χ1n) is 10.9. The van der Waals surface area contributed by atoms with Gasteiger partial charge in [-0.25, -0.2) is 10.3 Å². The van der Waals surface area contributed by atoms with E-state index in [-0.39, 0.29) is 30.4 Å². The van der Waals surface area contributed by atoms with Crippen LogP contribution >= 0.6 is 0 Å². The second-order valence-corrected chi connectivity index (χ2v) is 9.44. The van der Waals surface area contributed by atoms with Gasteiger partial charge in [-0.05, 0) is 51.9 Å². The van der Waals surface area contributed by atoms with Gasteiger partial charge >= 0.3 is 6.09 Å². The molecule has 168 valence electrons. The van der Waals surface area contributed by atoms with Crippen LogP contribution in [-0.2, 0) is 19.2 Å². The first-order chi connectivity index (χ1) is 14.1. The molecule has 0 aromatic rings. The molecule has 30 heavy (non-hydrogen) atoms. The highest BCUT2D eigenvalue weighted by Crippen LogP contribution is 2.28. The van der Waals surface area contributed by atoms with Crippen LogP contribution < -0.4 is 5.48 Å². The summed E-state index contributed by atoms with van der Waals surface area (Å²) in [6.45, 7) is 10.3. The van der Waals surface area contributed by atoms with Gasteiger partial charge < -0.3 is 14.5 Å². The Bertz CT molecular complexity index is 624. The zero-order valence-electron chi connectivity index (χ0n) is 19.0. The van der Waals surface area contributed by atoms with Gasteiger partial charge in [0.2, 0.25) is 5.91 Å². The van der Waals surface area contributed by atoms with Crippen LogP contribution in [0.2, 0.25) is 6.32 Å². The van der Waals surface area contributed by atoms with Crippen molar-refractivity contribution in [3.63, 3.8) is 0 Å². The highest BCUT2D eigenvalue weighted by molar-refractivity contribution is 6.08. The lowest BCUT2D eigenvalue weighted by molar-refractivity contribution is -0.149. The fraction of sp³-hybridized carbons (Fsp3) is 0.857. The zero-order chi connectivity index (χ0) is 22.5. The molecule has 2 heterocycles. The fourth-order valence-electron chi connectivity index (χ4n) is 4.16. The topological polar surface area (TPSA) is 88.2 Å². The molecular formula is C21H36BN3O5. The molecule has 0 aromatic heterocycles. The standard InChI is InChI=1S/C21H36BN3O5/c1-6-15-7-8-18(24(11-15)14(2)26)19(27)23-29-13-17-9-16(10-22)12-25(17)20(28)30-21(3,4)5/h15-18H,6-13H2,1-5H3,(H,23,27)/t15?,16?,17?,18-/m0/s1. The largest absolute Gasteiger partial charge is 0.444 e. The van der Waals surface area contributed by atoms with Gasteiger partial charge in [-0.1, -0.05) is 19.7 Å². The van der Waals surface area contributed by atoms with Gasteiger partial charge in [-0.2, -0.15) is 0 Å². The van der Waals surface area contributed by atoms with E-state index in [1.165, 1.54) is 6.92 Å². The number of ether oxygens (including phenoxy) is 1. The lowest BCUT2D eigenvalue weighted by Gasteiger charge is -2.38. The van der Waals surface area contributed by atoms with E-state index in [2.05, 4.69) is 12.4 Å². The van der Waals surface area contributed by atoms with E-state index < -0.39 is 17.7 Å². The molecule has 0 bridgehead atoms. The number of nitrogens with one attached hydrogen (secondary N) is 1. The van der Waals surface area contributed by atoms with Crippen molar-refractivity contribution in [2.45, 2.75) is 84.3 Å². The number of piperidine rings is 1. The van der Waals surface area contributed by atoms with Gasteiger partial charge in [-0.3, -0.25) is 14.4 Å². The molecular weight excluding hydrogens is 385 g/mol. The number of carbonyl (C=O) groups is 3. The second-order valence-electron chi connectivity index (χ2n) is 9.44. The quantitative estimate of drug-likeness (QED) is 0.525. The Labute approximate surface area is 181 Å². The van der Waals surface area contributed by atoms with Crippen molar-refractivity contribution in [2.24, 2.45) is 11.8 Å². The van der Waals surface area contributed by atoms with Crippen LogP contribution in [0.25, 0.3) is 0 Å². The predicted molar refractivity (Wildman–Crippen MR) is 114 cm³/mol. The Hall–Kier alpha value is -1.77. The average molecular weight is 421 g/mol. The van der Waals surface area contributed by atoms with Crippen LogP contribution in [0.1, 0.15) is 60.3 Å². The summed E-state index contributed by atoms with van der Waals surface area (Å²) in [5, 5.41) is 0. The molecule has 2 saturated heterocycles. The summed E-state index contributed by atoms with van der Waals surface area (Å²) in [6, 6.07) is -0.749. The average Bonchev–Trinajstić information content (AvgIpc) is 3.09. The SMILES string of the molecule is [B]CC1CC(CONC(=O)[C@@H]2CCC(CC)CN2C(C)=O)N(C(=O)OC(C)(C)C)C1. The van der Waals surface area contributed by atoms with E-state index in [0.29, 0.717) is 38.2 Å². The van der Waals surface area contributed by atoms with Crippen LogP contribution in [0.5, 0.6) is 0 Å². The van der Waals surface area contributed by atoms with E-state index in [1.54, 1.807) is 9.80 Å². The first kappa shape index (κ1) is 24.5. The number of nitrogens with zero attached hydrogens (tertiary/aromatic N) is 2.